The summed E-state index contributed by atoms with van der Waals surface area (Å²) in [6.07, 6.45) is 1.05. The molecule has 0 spiro atoms. The summed E-state index contributed by atoms with van der Waals surface area (Å²) in [5.41, 5.74) is 2.06. The third kappa shape index (κ3) is 5.41. The average molecular weight is 365 g/mol. The molecule has 0 aliphatic carbocycles. The van der Waals surface area contributed by atoms with Gasteiger partial charge in [0.1, 0.15) is 5.75 Å². The van der Waals surface area contributed by atoms with Crippen LogP contribution in [0.15, 0.2) is 59.1 Å². The summed E-state index contributed by atoms with van der Waals surface area (Å²) in [4.78, 5) is 18.2. The van der Waals surface area contributed by atoms with Crippen LogP contribution in [0.3, 0.4) is 0 Å². The molecule has 0 saturated carbocycles. The van der Waals surface area contributed by atoms with Crippen molar-refractivity contribution in [2.45, 2.75) is 26.3 Å². The first-order valence-corrected chi connectivity index (χ1v) is 8.93. The molecule has 0 atom stereocenters. The lowest BCUT2D eigenvalue weighted by Crippen LogP contribution is -2.26. The topological polar surface area (TPSA) is 68.5 Å². The van der Waals surface area contributed by atoms with Gasteiger partial charge >= 0.3 is 0 Å². The van der Waals surface area contributed by atoms with Gasteiger partial charge in [-0.05, 0) is 25.5 Å². The normalized spacial score (nSPS) is 10.6. The van der Waals surface area contributed by atoms with Crippen molar-refractivity contribution in [2.24, 2.45) is 0 Å². The molecule has 0 radical (unpaired) electrons. The van der Waals surface area contributed by atoms with Crippen molar-refractivity contribution >= 4 is 5.91 Å². The van der Waals surface area contributed by atoms with Gasteiger partial charge in [0.2, 0.25) is 17.6 Å². The second-order valence-corrected chi connectivity index (χ2v) is 6.39. The number of ether oxygens (including phenoxy) is 1. The molecule has 3 rings (SSSR count). The van der Waals surface area contributed by atoms with Gasteiger partial charge in [0.05, 0.1) is 13.2 Å². The highest BCUT2D eigenvalue weighted by Gasteiger charge is 2.14. The maximum absolute atomic E-state index is 12.3. The summed E-state index contributed by atoms with van der Waals surface area (Å²) in [5.74, 6) is 1.78. The minimum Gasteiger partial charge on any atom is -0.494 e. The fourth-order valence-corrected chi connectivity index (χ4v) is 2.55. The molecule has 0 aliphatic heterocycles. The van der Waals surface area contributed by atoms with Gasteiger partial charge in [0, 0.05) is 19.0 Å². The van der Waals surface area contributed by atoms with Crippen LogP contribution < -0.4 is 4.74 Å². The molecule has 3 aromatic rings. The maximum atomic E-state index is 12.3. The van der Waals surface area contributed by atoms with Crippen LogP contribution in [0, 0.1) is 6.92 Å². The number of benzene rings is 2. The Morgan fingerprint density at radius 1 is 1.11 bits per heavy atom. The van der Waals surface area contributed by atoms with Gasteiger partial charge in [-0.1, -0.05) is 53.2 Å². The van der Waals surface area contributed by atoms with Crippen LogP contribution in [-0.2, 0) is 11.3 Å². The SMILES string of the molecule is Cc1ccc(-c2noc(CN(C)C(=O)CCCOc3ccccc3)n2)cc1. The summed E-state index contributed by atoms with van der Waals surface area (Å²) < 4.78 is 10.9. The highest BCUT2D eigenvalue weighted by molar-refractivity contribution is 5.75. The van der Waals surface area contributed by atoms with Crippen molar-refractivity contribution in [3.8, 4) is 17.1 Å². The zero-order valence-electron chi connectivity index (χ0n) is 15.6. The van der Waals surface area contributed by atoms with Crippen molar-refractivity contribution < 1.29 is 14.1 Å². The Labute approximate surface area is 158 Å². The fourth-order valence-electron chi connectivity index (χ4n) is 2.55. The summed E-state index contributed by atoms with van der Waals surface area (Å²) in [6, 6.07) is 17.5. The Kier molecular flexibility index (Phi) is 6.20. The molecule has 0 fully saturated rings. The molecule has 1 heterocycles. The van der Waals surface area contributed by atoms with E-state index in [2.05, 4.69) is 10.1 Å². The van der Waals surface area contributed by atoms with Crippen molar-refractivity contribution in [1.29, 1.82) is 0 Å². The quantitative estimate of drug-likeness (QED) is 0.567. The highest BCUT2D eigenvalue weighted by Crippen LogP contribution is 2.17. The smallest absolute Gasteiger partial charge is 0.246 e. The molecular weight excluding hydrogens is 342 g/mol. The standard InChI is InChI=1S/C21H23N3O3/c1-16-10-12-17(13-11-16)21-22-19(27-23-21)15-24(2)20(25)9-6-14-26-18-7-4-3-5-8-18/h3-5,7-8,10-13H,6,9,14-15H2,1-2H3. The number of hydrogen-bond donors (Lipinski definition) is 0. The van der Waals surface area contributed by atoms with E-state index in [1.165, 1.54) is 5.56 Å². The predicted octanol–water partition coefficient (Wildman–Crippen LogP) is 3.86. The van der Waals surface area contributed by atoms with Gasteiger partial charge in [-0.2, -0.15) is 4.98 Å². The van der Waals surface area contributed by atoms with Crippen LogP contribution in [0.1, 0.15) is 24.3 Å². The largest absolute Gasteiger partial charge is 0.494 e. The Bertz CT molecular complexity index is 860. The zero-order valence-corrected chi connectivity index (χ0v) is 15.6. The zero-order chi connectivity index (χ0) is 19.1. The highest BCUT2D eigenvalue weighted by atomic mass is 16.5. The Hall–Kier alpha value is -3.15. The number of aryl methyl sites for hydroxylation is 1. The molecule has 27 heavy (non-hydrogen) atoms. The van der Waals surface area contributed by atoms with Crippen molar-refractivity contribution in [3.05, 3.63) is 66.1 Å². The molecule has 0 N–H and O–H groups in total. The summed E-state index contributed by atoms with van der Waals surface area (Å²) >= 11 is 0. The van der Waals surface area contributed by atoms with E-state index in [-0.39, 0.29) is 12.5 Å². The lowest BCUT2D eigenvalue weighted by molar-refractivity contribution is -0.131. The Morgan fingerprint density at radius 3 is 2.59 bits per heavy atom. The maximum Gasteiger partial charge on any atom is 0.246 e. The molecule has 1 aromatic heterocycles. The summed E-state index contributed by atoms with van der Waals surface area (Å²) in [7, 11) is 1.73. The molecule has 140 valence electrons. The third-order valence-electron chi connectivity index (χ3n) is 4.12. The first-order valence-electron chi connectivity index (χ1n) is 8.93. The van der Waals surface area contributed by atoms with Gasteiger partial charge in [0.15, 0.2) is 0 Å². The van der Waals surface area contributed by atoms with Crippen LogP contribution in [0.4, 0.5) is 0 Å². The minimum atomic E-state index is 0.0155. The molecule has 0 aliphatic rings. The predicted molar refractivity (Wildman–Crippen MR) is 102 cm³/mol. The van der Waals surface area contributed by atoms with E-state index in [0.29, 0.717) is 31.2 Å². The first kappa shape index (κ1) is 18.6. The number of nitrogens with zero attached hydrogens (tertiary/aromatic N) is 3. The van der Waals surface area contributed by atoms with E-state index < -0.39 is 0 Å². The van der Waals surface area contributed by atoms with Crippen molar-refractivity contribution in [2.75, 3.05) is 13.7 Å². The van der Waals surface area contributed by atoms with Gasteiger partial charge < -0.3 is 14.2 Å². The molecule has 2 aromatic carbocycles. The Balaban J connectivity index is 1.45. The number of carbonyl (C=O) groups is 1. The van der Waals surface area contributed by atoms with Gasteiger partial charge in [-0.3, -0.25) is 4.79 Å². The summed E-state index contributed by atoms with van der Waals surface area (Å²) in [6.45, 7) is 2.82. The number of carbonyl (C=O) groups excluding carboxylic acids is 1. The molecular formula is C21H23N3O3. The fraction of sp³-hybridized carbons (Fsp3) is 0.286. The first-order chi connectivity index (χ1) is 13.1. The van der Waals surface area contributed by atoms with Crippen LogP contribution >= 0.6 is 0 Å². The van der Waals surface area contributed by atoms with Crippen LogP contribution in [0.5, 0.6) is 5.75 Å². The van der Waals surface area contributed by atoms with E-state index in [1.54, 1.807) is 11.9 Å². The number of aromatic nitrogens is 2. The van der Waals surface area contributed by atoms with E-state index in [4.69, 9.17) is 9.26 Å². The molecule has 6 nitrogen and oxygen atoms in total. The van der Waals surface area contributed by atoms with Crippen molar-refractivity contribution in [1.82, 2.24) is 15.0 Å². The molecule has 0 bridgehead atoms. The Morgan fingerprint density at radius 2 is 1.85 bits per heavy atom. The van der Waals surface area contributed by atoms with Crippen LogP contribution in [0.25, 0.3) is 11.4 Å². The van der Waals surface area contributed by atoms with Crippen LogP contribution in [0.2, 0.25) is 0 Å². The van der Waals surface area contributed by atoms with Gasteiger partial charge in [-0.25, -0.2) is 0 Å². The summed E-state index contributed by atoms with van der Waals surface area (Å²) in [5, 5.41) is 3.99. The second kappa shape index (κ2) is 8.98. The van der Waals surface area contributed by atoms with Gasteiger partial charge in [-0.15, -0.1) is 0 Å². The van der Waals surface area contributed by atoms with E-state index in [9.17, 15) is 4.79 Å². The van der Waals surface area contributed by atoms with Gasteiger partial charge in [0.25, 0.3) is 0 Å². The molecule has 1 amide bonds. The number of para-hydroxylation sites is 1. The second-order valence-electron chi connectivity index (χ2n) is 6.39. The number of rotatable bonds is 8. The average Bonchev–Trinajstić information content (AvgIpc) is 3.15. The van der Waals surface area contributed by atoms with Crippen LogP contribution in [-0.4, -0.2) is 34.6 Å². The number of amides is 1. The van der Waals surface area contributed by atoms with E-state index >= 15 is 0 Å². The lowest BCUT2D eigenvalue weighted by Gasteiger charge is -2.14. The number of hydrogen-bond acceptors (Lipinski definition) is 5. The van der Waals surface area contributed by atoms with E-state index in [1.807, 2.05) is 61.5 Å². The molecule has 0 saturated heterocycles. The third-order valence-corrected chi connectivity index (χ3v) is 4.12. The monoisotopic (exact) mass is 365 g/mol. The lowest BCUT2D eigenvalue weighted by atomic mass is 10.1. The van der Waals surface area contributed by atoms with E-state index in [0.717, 1.165) is 11.3 Å². The molecule has 0 unspecified atom stereocenters. The molecule has 6 heteroatoms. The van der Waals surface area contributed by atoms with Crippen molar-refractivity contribution in [3.63, 3.8) is 0 Å². The minimum absolute atomic E-state index is 0.0155.